The van der Waals surface area contributed by atoms with Crippen molar-refractivity contribution in [3.05, 3.63) is 91.0 Å². The number of carbonyl (C=O) groups excluding carboxylic acids is 2. The van der Waals surface area contributed by atoms with Crippen LogP contribution in [-0.4, -0.2) is 23.3 Å². The summed E-state index contributed by atoms with van der Waals surface area (Å²) in [6, 6.07) is 26.4. The van der Waals surface area contributed by atoms with E-state index in [0.29, 0.717) is 17.1 Å². The molecule has 0 radical (unpaired) electrons. The summed E-state index contributed by atoms with van der Waals surface area (Å²) in [5.74, 6) is 0.238. The molecule has 1 saturated heterocycles. The molecule has 0 aromatic heterocycles. The van der Waals surface area contributed by atoms with Crippen molar-refractivity contribution in [1.29, 1.82) is 0 Å². The van der Waals surface area contributed by atoms with Crippen LogP contribution in [0.3, 0.4) is 0 Å². The Morgan fingerprint density at radius 2 is 1.34 bits per heavy atom. The van der Waals surface area contributed by atoms with E-state index in [2.05, 4.69) is 22.9 Å². The molecule has 1 atom stereocenters. The molecule has 0 bridgehead atoms. The third-order valence-electron chi connectivity index (χ3n) is 4.39. The highest BCUT2D eigenvalue weighted by molar-refractivity contribution is 7.82. The van der Waals surface area contributed by atoms with Crippen molar-refractivity contribution in [1.82, 2.24) is 0 Å². The van der Waals surface area contributed by atoms with Gasteiger partial charge in [-0.1, -0.05) is 54.6 Å². The van der Waals surface area contributed by atoms with Crippen molar-refractivity contribution in [2.75, 3.05) is 15.1 Å². The lowest BCUT2D eigenvalue weighted by Gasteiger charge is -2.19. The van der Waals surface area contributed by atoms with Gasteiger partial charge in [0.15, 0.2) is 5.84 Å². The van der Waals surface area contributed by atoms with Gasteiger partial charge in [0.25, 0.3) is 0 Å². The number of hydrogen-bond acceptors (Lipinski definition) is 3. The second-order valence-electron chi connectivity index (χ2n) is 6.30. The topological polar surface area (TPSA) is 65.0 Å². The predicted molar refractivity (Wildman–Crippen MR) is 119 cm³/mol. The van der Waals surface area contributed by atoms with Crippen LogP contribution in [0.5, 0.6) is 0 Å². The van der Waals surface area contributed by atoms with Gasteiger partial charge in [0.1, 0.15) is 5.37 Å². The Kier molecular flexibility index (Phi) is 5.31. The fourth-order valence-electron chi connectivity index (χ4n) is 3.09. The van der Waals surface area contributed by atoms with E-state index in [9.17, 15) is 9.59 Å². The number of rotatable bonds is 3. The molecular formula is C22H18N4O2S. The second-order valence-corrected chi connectivity index (χ2v) is 6.79. The van der Waals surface area contributed by atoms with Crippen LogP contribution in [0.2, 0.25) is 0 Å². The SMILES string of the molecule is O=C(/N=C1/C(S)N(c2ccccc2)C(=O)N1c1ccccc1)Nc1ccccc1. The normalized spacial score (nSPS) is 17.6. The molecule has 7 heteroatoms. The summed E-state index contributed by atoms with van der Waals surface area (Å²) in [5, 5.41) is 2.00. The number of thiol groups is 1. The largest absolute Gasteiger partial charge is 0.347 e. The molecule has 0 spiro atoms. The van der Waals surface area contributed by atoms with Gasteiger partial charge in [0.2, 0.25) is 0 Å². The first-order valence-electron chi connectivity index (χ1n) is 9.01. The van der Waals surface area contributed by atoms with Gasteiger partial charge in [-0.15, -0.1) is 12.6 Å². The summed E-state index contributed by atoms with van der Waals surface area (Å²) in [6.45, 7) is 0. The fraction of sp³-hybridized carbons (Fsp3) is 0.0455. The van der Waals surface area contributed by atoms with Crippen LogP contribution in [0, 0.1) is 0 Å². The van der Waals surface area contributed by atoms with E-state index in [-0.39, 0.29) is 11.9 Å². The zero-order valence-corrected chi connectivity index (χ0v) is 16.2. The van der Waals surface area contributed by atoms with Crippen LogP contribution in [0.4, 0.5) is 26.7 Å². The van der Waals surface area contributed by atoms with E-state index in [4.69, 9.17) is 0 Å². The van der Waals surface area contributed by atoms with Gasteiger partial charge < -0.3 is 5.32 Å². The highest BCUT2D eigenvalue weighted by Gasteiger charge is 2.43. The van der Waals surface area contributed by atoms with E-state index in [1.807, 2.05) is 66.7 Å². The summed E-state index contributed by atoms with van der Waals surface area (Å²) in [5.41, 5.74) is 1.90. The molecule has 1 aliphatic heterocycles. The quantitative estimate of drug-likeness (QED) is 0.604. The Bertz CT molecular complexity index is 1040. The number of hydrogen-bond donors (Lipinski definition) is 2. The Hall–Kier alpha value is -3.58. The average Bonchev–Trinajstić information content (AvgIpc) is 2.99. The molecule has 3 aromatic rings. The zero-order chi connectivity index (χ0) is 20.2. The average molecular weight is 402 g/mol. The molecular weight excluding hydrogens is 384 g/mol. The van der Waals surface area contributed by atoms with Crippen molar-refractivity contribution in [2.45, 2.75) is 5.37 Å². The van der Waals surface area contributed by atoms with Gasteiger partial charge >= 0.3 is 12.1 Å². The molecule has 1 unspecified atom stereocenters. The molecule has 6 nitrogen and oxygen atoms in total. The van der Waals surface area contributed by atoms with Gasteiger partial charge in [-0.3, -0.25) is 4.90 Å². The number of carbonyl (C=O) groups is 2. The summed E-state index contributed by atoms with van der Waals surface area (Å²) in [6.07, 6.45) is 0. The Labute approximate surface area is 173 Å². The minimum absolute atomic E-state index is 0.238. The van der Waals surface area contributed by atoms with Crippen molar-refractivity contribution in [3.63, 3.8) is 0 Å². The third-order valence-corrected chi connectivity index (χ3v) is 4.85. The highest BCUT2D eigenvalue weighted by atomic mass is 32.1. The second kappa shape index (κ2) is 8.20. The predicted octanol–water partition coefficient (Wildman–Crippen LogP) is 5.02. The van der Waals surface area contributed by atoms with Gasteiger partial charge in [0.05, 0.1) is 5.69 Å². The fourth-order valence-corrected chi connectivity index (χ4v) is 3.49. The smallest absolute Gasteiger partial charge is 0.306 e. The number of nitrogens with zero attached hydrogens (tertiary/aromatic N) is 3. The standard InChI is InChI=1S/C22H18N4O2S/c27-21(23-16-10-4-1-5-11-16)24-19-20(29)26(18-14-8-3-9-15-18)22(28)25(19)17-12-6-2-7-13-17/h1-15,20,29H,(H,23,27)/b24-19-. The van der Waals surface area contributed by atoms with Crippen molar-refractivity contribution >= 4 is 47.6 Å². The maximum atomic E-state index is 13.3. The molecule has 0 saturated carbocycles. The maximum Gasteiger partial charge on any atom is 0.347 e. The lowest BCUT2D eigenvalue weighted by atomic mass is 10.3. The number of urea groups is 2. The number of benzene rings is 3. The van der Waals surface area contributed by atoms with E-state index < -0.39 is 11.4 Å². The molecule has 1 N–H and O–H groups in total. The molecule has 1 aliphatic rings. The van der Waals surface area contributed by atoms with Gasteiger partial charge in [-0.25, -0.2) is 14.5 Å². The lowest BCUT2D eigenvalue weighted by Crippen LogP contribution is -2.33. The molecule has 3 aromatic carbocycles. The van der Waals surface area contributed by atoms with Crippen LogP contribution >= 0.6 is 12.6 Å². The first-order chi connectivity index (χ1) is 14.1. The molecule has 144 valence electrons. The number of amidine groups is 1. The van der Waals surface area contributed by atoms with Crippen LogP contribution in [0.15, 0.2) is 96.0 Å². The van der Waals surface area contributed by atoms with Crippen molar-refractivity contribution < 1.29 is 9.59 Å². The minimum atomic E-state index is -0.716. The van der Waals surface area contributed by atoms with Gasteiger partial charge in [-0.2, -0.15) is 4.99 Å². The zero-order valence-electron chi connectivity index (χ0n) is 15.3. The lowest BCUT2D eigenvalue weighted by molar-refractivity contribution is 0.256. The summed E-state index contributed by atoms with van der Waals surface area (Å²) in [4.78, 5) is 32.9. The Morgan fingerprint density at radius 3 is 1.93 bits per heavy atom. The summed E-state index contributed by atoms with van der Waals surface area (Å²) >= 11 is 4.62. The van der Waals surface area contributed by atoms with Crippen LogP contribution in [0.1, 0.15) is 0 Å². The third kappa shape index (κ3) is 3.86. The number of amides is 4. The molecule has 1 heterocycles. The molecule has 4 amide bonds. The van der Waals surface area contributed by atoms with Crippen LogP contribution < -0.4 is 15.1 Å². The first-order valence-corrected chi connectivity index (χ1v) is 9.53. The summed E-state index contributed by atoms with van der Waals surface area (Å²) in [7, 11) is 0. The van der Waals surface area contributed by atoms with Crippen LogP contribution in [-0.2, 0) is 0 Å². The number of aliphatic imine (C=N–C) groups is 1. The Balaban J connectivity index is 1.72. The highest BCUT2D eigenvalue weighted by Crippen LogP contribution is 2.32. The summed E-state index contributed by atoms with van der Waals surface area (Å²) < 4.78 is 0. The van der Waals surface area contributed by atoms with Crippen LogP contribution in [0.25, 0.3) is 0 Å². The molecule has 4 rings (SSSR count). The Morgan fingerprint density at radius 1 is 0.828 bits per heavy atom. The number of anilines is 3. The van der Waals surface area contributed by atoms with Gasteiger partial charge in [-0.05, 0) is 36.4 Å². The van der Waals surface area contributed by atoms with Crippen molar-refractivity contribution in [2.24, 2.45) is 4.99 Å². The number of para-hydroxylation sites is 3. The van der Waals surface area contributed by atoms with E-state index >= 15 is 0 Å². The molecule has 0 aliphatic carbocycles. The van der Waals surface area contributed by atoms with Gasteiger partial charge in [0, 0.05) is 11.4 Å². The monoisotopic (exact) mass is 402 g/mol. The minimum Gasteiger partial charge on any atom is -0.306 e. The molecule has 1 fully saturated rings. The maximum absolute atomic E-state index is 13.3. The van der Waals surface area contributed by atoms with E-state index in [1.165, 1.54) is 9.80 Å². The van der Waals surface area contributed by atoms with Crippen molar-refractivity contribution in [3.8, 4) is 0 Å². The van der Waals surface area contributed by atoms with E-state index in [1.54, 1.807) is 24.3 Å². The molecule has 29 heavy (non-hydrogen) atoms. The van der Waals surface area contributed by atoms with E-state index in [0.717, 1.165) is 0 Å². The number of nitrogens with one attached hydrogen (secondary N) is 1. The first kappa shape index (κ1) is 18.8.